The van der Waals surface area contributed by atoms with Crippen molar-refractivity contribution in [2.45, 2.75) is 85.9 Å². The molecular formula is C31H48N4O4. The number of aromatic nitrogens is 1. The number of aryl methyl sites for hydroxylation is 1. The number of rotatable bonds is 9. The van der Waals surface area contributed by atoms with Crippen LogP contribution in [-0.2, 0) is 26.8 Å². The normalized spacial score (nSPS) is 15.5. The molecule has 2 amide bonds. The Balaban J connectivity index is 2.47. The molecule has 0 spiro atoms. The number of fused-ring (bicyclic) bond motifs is 1. The standard InChI is InChI=1S/C31H48N4O4/c1-19(28(38)39)17-23(29(2,3)4)35(12)27(37)25(30(5,6)7)33-26(36)24(32-10)31(8,9)21-18-34(11)22-16-14-13-15-20(21)22/h13-18,23-25,32H,1-12H3,(H,33,36)(H,38,39)/b19-17+/t23-,24-,25-/m1/s1. The van der Waals surface area contributed by atoms with Gasteiger partial charge >= 0.3 is 5.97 Å². The third-order valence-corrected chi connectivity index (χ3v) is 7.66. The number of nitrogens with one attached hydrogen (secondary N) is 2. The molecule has 0 saturated carbocycles. The fourth-order valence-corrected chi connectivity index (χ4v) is 5.30. The van der Waals surface area contributed by atoms with Crippen LogP contribution in [0.2, 0.25) is 0 Å². The second-order valence-electron chi connectivity index (χ2n) is 13.3. The van der Waals surface area contributed by atoms with Gasteiger partial charge in [0.2, 0.25) is 11.8 Å². The Labute approximate surface area is 233 Å². The minimum absolute atomic E-state index is 0.165. The molecule has 0 aliphatic rings. The summed E-state index contributed by atoms with van der Waals surface area (Å²) in [5.41, 5.74) is 0.643. The molecule has 3 N–H and O–H groups in total. The lowest BCUT2D eigenvalue weighted by Gasteiger charge is -2.42. The van der Waals surface area contributed by atoms with Gasteiger partial charge in [-0.2, -0.15) is 0 Å². The molecule has 0 radical (unpaired) electrons. The van der Waals surface area contributed by atoms with Crippen molar-refractivity contribution in [3.8, 4) is 0 Å². The van der Waals surface area contributed by atoms with Gasteiger partial charge in [-0.05, 0) is 36.4 Å². The molecule has 3 atom stereocenters. The molecule has 0 aliphatic heterocycles. The predicted molar refractivity (Wildman–Crippen MR) is 158 cm³/mol. The fourth-order valence-electron chi connectivity index (χ4n) is 5.30. The summed E-state index contributed by atoms with van der Waals surface area (Å²) in [4.78, 5) is 41.0. The van der Waals surface area contributed by atoms with E-state index in [0.29, 0.717) is 0 Å². The minimum Gasteiger partial charge on any atom is -0.478 e. The number of carbonyl (C=O) groups is 3. The Hall–Kier alpha value is -3.13. The zero-order chi connectivity index (χ0) is 30.1. The van der Waals surface area contributed by atoms with Crippen molar-refractivity contribution >= 4 is 28.7 Å². The zero-order valence-electron chi connectivity index (χ0n) is 25.8. The Morgan fingerprint density at radius 1 is 0.974 bits per heavy atom. The van der Waals surface area contributed by atoms with Crippen molar-refractivity contribution in [3.05, 3.63) is 47.7 Å². The molecule has 2 rings (SSSR count). The molecule has 1 aromatic carbocycles. The van der Waals surface area contributed by atoms with E-state index in [1.807, 2.05) is 74.6 Å². The van der Waals surface area contributed by atoms with E-state index in [2.05, 4.69) is 33.5 Å². The van der Waals surface area contributed by atoms with E-state index in [1.54, 1.807) is 25.1 Å². The van der Waals surface area contributed by atoms with E-state index < -0.39 is 40.3 Å². The summed E-state index contributed by atoms with van der Waals surface area (Å²) in [6.07, 6.45) is 3.68. The number of carbonyl (C=O) groups excluding carboxylic acids is 2. The van der Waals surface area contributed by atoms with Crippen LogP contribution in [0.15, 0.2) is 42.1 Å². The largest absolute Gasteiger partial charge is 0.478 e. The van der Waals surface area contributed by atoms with Crippen molar-refractivity contribution in [1.29, 1.82) is 0 Å². The summed E-state index contributed by atoms with van der Waals surface area (Å²) in [6, 6.07) is 6.15. The Kier molecular flexibility index (Phi) is 9.50. The highest BCUT2D eigenvalue weighted by Gasteiger charge is 2.43. The number of hydrogen-bond donors (Lipinski definition) is 3. The second-order valence-corrected chi connectivity index (χ2v) is 13.3. The number of amides is 2. The van der Waals surface area contributed by atoms with Gasteiger partial charge in [-0.15, -0.1) is 0 Å². The minimum atomic E-state index is -1.03. The van der Waals surface area contributed by atoms with E-state index in [0.717, 1.165) is 16.5 Å². The van der Waals surface area contributed by atoms with E-state index in [1.165, 1.54) is 6.92 Å². The first kappa shape index (κ1) is 32.1. The molecule has 0 saturated heterocycles. The molecule has 2 aromatic rings. The molecule has 1 heterocycles. The molecule has 0 aliphatic carbocycles. The van der Waals surface area contributed by atoms with Crippen molar-refractivity contribution in [2.75, 3.05) is 14.1 Å². The van der Waals surface area contributed by atoms with Gasteiger partial charge in [-0.1, -0.05) is 79.7 Å². The molecule has 0 unspecified atom stereocenters. The van der Waals surface area contributed by atoms with Crippen molar-refractivity contribution in [3.63, 3.8) is 0 Å². The topological polar surface area (TPSA) is 104 Å². The van der Waals surface area contributed by atoms with Crippen LogP contribution in [0.1, 0.15) is 67.9 Å². The lowest BCUT2D eigenvalue weighted by Crippen LogP contribution is -2.62. The maximum Gasteiger partial charge on any atom is 0.331 e. The number of nitrogens with zero attached hydrogens (tertiary/aromatic N) is 2. The van der Waals surface area contributed by atoms with Crippen molar-refractivity contribution in [2.24, 2.45) is 17.9 Å². The highest BCUT2D eigenvalue weighted by molar-refractivity contribution is 5.93. The highest BCUT2D eigenvalue weighted by Crippen LogP contribution is 2.35. The number of benzene rings is 1. The Morgan fingerprint density at radius 2 is 1.54 bits per heavy atom. The summed E-state index contributed by atoms with van der Waals surface area (Å²) >= 11 is 0. The van der Waals surface area contributed by atoms with Crippen LogP contribution in [0.5, 0.6) is 0 Å². The SMILES string of the molecule is CN[C@H](C(=O)N[C@H](C(=O)N(C)[C@H](/C=C(\C)C(=O)O)C(C)(C)C)C(C)(C)C)C(C)(C)c1cn(C)c2ccccc12. The second kappa shape index (κ2) is 11.5. The van der Waals surface area contributed by atoms with Gasteiger partial charge in [0.25, 0.3) is 0 Å². The van der Waals surface area contributed by atoms with E-state index in [4.69, 9.17) is 0 Å². The van der Waals surface area contributed by atoms with Gasteiger partial charge in [0.05, 0.1) is 12.1 Å². The molecule has 0 bridgehead atoms. The number of likely N-dealkylation sites (N-methyl/N-ethyl adjacent to an activating group) is 2. The predicted octanol–water partition coefficient (Wildman–Crippen LogP) is 4.48. The number of hydrogen-bond acceptors (Lipinski definition) is 4. The average Bonchev–Trinajstić information content (AvgIpc) is 3.16. The van der Waals surface area contributed by atoms with Crippen LogP contribution >= 0.6 is 0 Å². The third-order valence-electron chi connectivity index (χ3n) is 7.66. The maximum absolute atomic E-state index is 14.0. The Morgan fingerprint density at radius 3 is 2.03 bits per heavy atom. The zero-order valence-corrected chi connectivity index (χ0v) is 25.8. The van der Waals surface area contributed by atoms with Crippen molar-refractivity contribution < 1.29 is 19.5 Å². The van der Waals surface area contributed by atoms with E-state index in [9.17, 15) is 19.5 Å². The van der Waals surface area contributed by atoms with Gasteiger partial charge < -0.3 is 25.2 Å². The molecule has 8 heteroatoms. The lowest BCUT2D eigenvalue weighted by atomic mass is 9.76. The molecule has 1 aromatic heterocycles. The summed E-state index contributed by atoms with van der Waals surface area (Å²) in [5, 5.41) is 16.8. The first-order chi connectivity index (χ1) is 17.7. The molecule has 0 fully saturated rings. The highest BCUT2D eigenvalue weighted by atomic mass is 16.4. The number of para-hydroxylation sites is 1. The monoisotopic (exact) mass is 540 g/mol. The van der Waals surface area contributed by atoms with Gasteiger partial charge in [0.1, 0.15) is 6.04 Å². The lowest BCUT2D eigenvalue weighted by molar-refractivity contribution is -0.141. The van der Waals surface area contributed by atoms with E-state index >= 15 is 0 Å². The van der Waals surface area contributed by atoms with Gasteiger partial charge in [-0.3, -0.25) is 9.59 Å². The number of carboxylic acid groups (broad SMARTS) is 1. The first-order valence-electron chi connectivity index (χ1n) is 13.5. The first-order valence-corrected chi connectivity index (χ1v) is 13.5. The van der Waals surface area contributed by atoms with Crippen LogP contribution in [-0.4, -0.2) is 64.6 Å². The smallest absolute Gasteiger partial charge is 0.331 e. The summed E-state index contributed by atoms with van der Waals surface area (Å²) in [7, 11) is 5.42. The quantitative estimate of drug-likeness (QED) is 0.407. The summed E-state index contributed by atoms with van der Waals surface area (Å²) in [6.45, 7) is 17.2. The molecule has 216 valence electrons. The number of aliphatic carboxylic acids is 1. The fraction of sp³-hybridized carbons (Fsp3) is 0.581. The summed E-state index contributed by atoms with van der Waals surface area (Å²) in [5.74, 6) is -1.58. The van der Waals surface area contributed by atoms with Gasteiger partial charge in [0.15, 0.2) is 0 Å². The van der Waals surface area contributed by atoms with Crippen LogP contribution in [0.3, 0.4) is 0 Å². The third kappa shape index (κ3) is 6.90. The van der Waals surface area contributed by atoms with Crippen LogP contribution in [0, 0.1) is 10.8 Å². The number of carboxylic acids is 1. The van der Waals surface area contributed by atoms with Crippen molar-refractivity contribution in [1.82, 2.24) is 20.1 Å². The van der Waals surface area contributed by atoms with Crippen LogP contribution in [0.4, 0.5) is 0 Å². The van der Waals surface area contributed by atoms with Crippen LogP contribution in [0.25, 0.3) is 10.9 Å². The van der Waals surface area contributed by atoms with E-state index in [-0.39, 0.29) is 17.4 Å². The summed E-state index contributed by atoms with van der Waals surface area (Å²) < 4.78 is 2.06. The van der Waals surface area contributed by atoms with Crippen LogP contribution < -0.4 is 10.6 Å². The maximum atomic E-state index is 14.0. The molecule has 8 nitrogen and oxygen atoms in total. The molecular weight excluding hydrogens is 492 g/mol. The molecule has 39 heavy (non-hydrogen) atoms. The van der Waals surface area contributed by atoms with Gasteiger partial charge in [0, 0.05) is 42.2 Å². The average molecular weight is 541 g/mol. The van der Waals surface area contributed by atoms with Gasteiger partial charge in [-0.25, -0.2) is 4.79 Å². The Bertz CT molecular complexity index is 1240.